The van der Waals surface area contributed by atoms with Gasteiger partial charge in [0.1, 0.15) is 24.3 Å². The molecule has 4 rings (SSSR count). The van der Waals surface area contributed by atoms with Gasteiger partial charge in [-0.15, -0.1) is 0 Å². The SMILES string of the molecule is Cc1ccc(S(=O)(=O)O)cc1.O.O[C@@H](CNCCOc1ccc(-c2cocn2)cc1)c1cccnc1. The second-order valence-electron chi connectivity index (χ2n) is 7.54. The van der Waals surface area contributed by atoms with Crippen molar-refractivity contribution in [3.8, 4) is 17.0 Å². The molecule has 0 fully saturated rings. The van der Waals surface area contributed by atoms with Crippen LogP contribution in [0.25, 0.3) is 11.3 Å². The fraction of sp³-hybridized carbons (Fsp3) is 0.200. The summed E-state index contributed by atoms with van der Waals surface area (Å²) >= 11 is 0. The standard InChI is InChI=1S/C18H19N3O3.C7H8O3S.H2O/c22-18(15-2-1-7-19-10-15)11-20-8-9-24-16-5-3-14(4-6-16)17-12-23-13-21-17;1-6-2-4-7(5-3-6)11(8,9)10;/h1-7,10,12-13,18,20,22H,8-9,11H2;2-5H,1H3,(H,8,9,10);1H2/t18-;;/m0../s1. The lowest BCUT2D eigenvalue weighted by Gasteiger charge is -2.12. The number of benzene rings is 2. The van der Waals surface area contributed by atoms with Gasteiger partial charge in [0.05, 0.1) is 11.0 Å². The highest BCUT2D eigenvalue weighted by atomic mass is 32.2. The van der Waals surface area contributed by atoms with Gasteiger partial charge in [-0.3, -0.25) is 9.54 Å². The summed E-state index contributed by atoms with van der Waals surface area (Å²) in [4.78, 5) is 8.02. The monoisotopic (exact) mass is 515 g/mol. The van der Waals surface area contributed by atoms with Crippen LogP contribution in [0.4, 0.5) is 0 Å². The number of ether oxygens (including phenoxy) is 1. The molecule has 0 saturated heterocycles. The van der Waals surface area contributed by atoms with Gasteiger partial charge in [0.2, 0.25) is 0 Å². The fourth-order valence-corrected chi connectivity index (χ4v) is 3.44. The molecule has 10 nitrogen and oxygen atoms in total. The van der Waals surface area contributed by atoms with Gasteiger partial charge in [-0.25, -0.2) is 4.98 Å². The Labute approximate surface area is 209 Å². The van der Waals surface area contributed by atoms with Crippen LogP contribution in [0.15, 0.2) is 95.0 Å². The van der Waals surface area contributed by atoms with Crippen molar-refractivity contribution in [2.24, 2.45) is 0 Å². The highest BCUT2D eigenvalue weighted by Gasteiger charge is 2.07. The zero-order chi connectivity index (χ0) is 25.1. The molecule has 0 aliphatic rings. The highest BCUT2D eigenvalue weighted by Crippen LogP contribution is 2.20. The molecule has 36 heavy (non-hydrogen) atoms. The molecule has 0 unspecified atom stereocenters. The van der Waals surface area contributed by atoms with E-state index in [4.69, 9.17) is 13.7 Å². The number of aliphatic hydroxyl groups excluding tert-OH is 1. The summed E-state index contributed by atoms with van der Waals surface area (Å²) in [5.41, 5.74) is 3.54. The summed E-state index contributed by atoms with van der Waals surface area (Å²) < 4.78 is 40.2. The number of nitrogens with zero attached hydrogens (tertiary/aromatic N) is 2. The Hall–Kier alpha value is -3.61. The summed E-state index contributed by atoms with van der Waals surface area (Å²) in [6, 6.07) is 17.3. The first kappa shape index (κ1) is 28.6. The molecule has 1 atom stereocenters. The Morgan fingerprint density at radius 1 is 1.08 bits per heavy atom. The third kappa shape index (κ3) is 9.21. The maximum absolute atomic E-state index is 10.5. The van der Waals surface area contributed by atoms with Gasteiger partial charge in [-0.2, -0.15) is 8.42 Å². The Bertz CT molecular complexity index is 1250. The molecule has 192 valence electrons. The van der Waals surface area contributed by atoms with E-state index in [1.54, 1.807) is 30.8 Å². The van der Waals surface area contributed by atoms with Crippen LogP contribution in [0.2, 0.25) is 0 Å². The number of nitrogens with one attached hydrogen (secondary N) is 1. The van der Waals surface area contributed by atoms with Crippen molar-refractivity contribution in [1.29, 1.82) is 0 Å². The van der Waals surface area contributed by atoms with Gasteiger partial charge >= 0.3 is 0 Å². The van der Waals surface area contributed by atoms with Crippen molar-refractivity contribution < 1.29 is 32.7 Å². The van der Waals surface area contributed by atoms with E-state index in [0.29, 0.717) is 19.7 Å². The number of oxazole rings is 1. The molecule has 11 heteroatoms. The van der Waals surface area contributed by atoms with Crippen molar-refractivity contribution in [3.05, 3.63) is 96.8 Å². The van der Waals surface area contributed by atoms with E-state index in [9.17, 15) is 13.5 Å². The molecular formula is C25H29N3O7S. The predicted molar refractivity (Wildman–Crippen MR) is 134 cm³/mol. The van der Waals surface area contributed by atoms with Gasteiger partial charge < -0.3 is 25.1 Å². The summed E-state index contributed by atoms with van der Waals surface area (Å²) in [7, 11) is -4.02. The lowest BCUT2D eigenvalue weighted by atomic mass is 10.1. The first-order valence-electron chi connectivity index (χ1n) is 10.8. The fourth-order valence-electron chi connectivity index (χ4n) is 2.96. The van der Waals surface area contributed by atoms with Crippen LogP contribution in [0.5, 0.6) is 5.75 Å². The van der Waals surface area contributed by atoms with Gasteiger partial charge in [-0.05, 0) is 49.4 Å². The highest BCUT2D eigenvalue weighted by molar-refractivity contribution is 7.85. The predicted octanol–water partition coefficient (Wildman–Crippen LogP) is 2.86. The topological polar surface area (TPSA) is 166 Å². The minimum absolute atomic E-state index is 0. The number of hydrogen-bond acceptors (Lipinski definition) is 8. The molecule has 0 aliphatic heterocycles. The molecule has 0 spiro atoms. The van der Waals surface area contributed by atoms with E-state index in [-0.39, 0.29) is 10.4 Å². The first-order chi connectivity index (χ1) is 16.8. The van der Waals surface area contributed by atoms with Crippen molar-refractivity contribution >= 4 is 10.1 Å². The lowest BCUT2D eigenvalue weighted by molar-refractivity contribution is 0.171. The molecule has 2 aromatic carbocycles. The van der Waals surface area contributed by atoms with Crippen LogP contribution in [0.3, 0.4) is 0 Å². The molecular weight excluding hydrogens is 486 g/mol. The quantitative estimate of drug-likeness (QED) is 0.224. The second kappa shape index (κ2) is 14.1. The number of aryl methyl sites for hydroxylation is 1. The van der Waals surface area contributed by atoms with E-state index < -0.39 is 16.2 Å². The van der Waals surface area contributed by atoms with Crippen molar-refractivity contribution in [2.45, 2.75) is 17.9 Å². The van der Waals surface area contributed by atoms with Gasteiger partial charge in [0, 0.05) is 36.6 Å². The van der Waals surface area contributed by atoms with E-state index in [1.165, 1.54) is 18.5 Å². The third-order valence-corrected chi connectivity index (χ3v) is 5.72. The third-order valence-electron chi connectivity index (χ3n) is 4.86. The minimum Gasteiger partial charge on any atom is -0.492 e. The van der Waals surface area contributed by atoms with E-state index >= 15 is 0 Å². The molecule has 0 aliphatic carbocycles. The molecule has 0 saturated carbocycles. The molecule has 0 radical (unpaired) electrons. The van der Waals surface area contributed by atoms with Crippen LogP contribution in [0.1, 0.15) is 17.2 Å². The Morgan fingerprint density at radius 3 is 2.39 bits per heavy atom. The molecule has 4 aromatic rings. The number of rotatable bonds is 9. The maximum atomic E-state index is 10.5. The number of aliphatic hydroxyl groups is 1. The summed E-state index contributed by atoms with van der Waals surface area (Å²) in [5.74, 6) is 0.789. The molecule has 2 aromatic heterocycles. The van der Waals surface area contributed by atoms with E-state index in [0.717, 1.165) is 28.1 Å². The van der Waals surface area contributed by atoms with Crippen LogP contribution in [-0.2, 0) is 10.1 Å². The molecule has 0 amide bonds. The number of hydrogen-bond donors (Lipinski definition) is 3. The molecule has 2 heterocycles. The normalized spacial score (nSPS) is 11.5. The summed E-state index contributed by atoms with van der Waals surface area (Å²) in [6.07, 6.45) is 5.80. The maximum Gasteiger partial charge on any atom is 0.294 e. The first-order valence-corrected chi connectivity index (χ1v) is 12.2. The number of pyridine rings is 1. The van der Waals surface area contributed by atoms with Gasteiger partial charge in [0.25, 0.3) is 10.1 Å². The zero-order valence-electron chi connectivity index (χ0n) is 19.6. The average molecular weight is 516 g/mol. The Kier molecular flexibility index (Phi) is 11.2. The van der Waals surface area contributed by atoms with Crippen LogP contribution < -0.4 is 10.1 Å². The minimum atomic E-state index is -4.02. The summed E-state index contributed by atoms with van der Waals surface area (Å²) in [5, 5.41) is 13.2. The van der Waals surface area contributed by atoms with E-state index in [2.05, 4.69) is 15.3 Å². The molecule has 5 N–H and O–H groups in total. The Balaban J connectivity index is 0.000000321. The largest absolute Gasteiger partial charge is 0.492 e. The van der Waals surface area contributed by atoms with Crippen molar-refractivity contribution in [2.75, 3.05) is 19.7 Å². The second-order valence-corrected chi connectivity index (χ2v) is 8.96. The van der Waals surface area contributed by atoms with Crippen LogP contribution in [0, 0.1) is 6.92 Å². The smallest absolute Gasteiger partial charge is 0.294 e. The lowest BCUT2D eigenvalue weighted by Crippen LogP contribution is -2.26. The van der Waals surface area contributed by atoms with Crippen molar-refractivity contribution in [1.82, 2.24) is 15.3 Å². The van der Waals surface area contributed by atoms with Crippen LogP contribution >= 0.6 is 0 Å². The van der Waals surface area contributed by atoms with Crippen molar-refractivity contribution in [3.63, 3.8) is 0 Å². The molecule has 0 bridgehead atoms. The van der Waals surface area contributed by atoms with Crippen LogP contribution in [-0.4, -0.2) is 53.2 Å². The van der Waals surface area contributed by atoms with Gasteiger partial charge in [-0.1, -0.05) is 23.8 Å². The number of aromatic nitrogens is 2. The average Bonchev–Trinajstić information content (AvgIpc) is 3.40. The Morgan fingerprint density at radius 2 is 1.81 bits per heavy atom. The summed E-state index contributed by atoms with van der Waals surface area (Å²) in [6.45, 7) is 3.46. The van der Waals surface area contributed by atoms with Gasteiger partial charge in [0.15, 0.2) is 6.39 Å². The zero-order valence-corrected chi connectivity index (χ0v) is 20.4. The van der Waals surface area contributed by atoms with E-state index in [1.807, 2.05) is 43.3 Å².